The van der Waals surface area contributed by atoms with E-state index >= 15 is 0 Å². The summed E-state index contributed by atoms with van der Waals surface area (Å²) in [6.07, 6.45) is 6.59. The summed E-state index contributed by atoms with van der Waals surface area (Å²) in [4.78, 5) is 157. The third-order valence-corrected chi connectivity index (χ3v) is 16.3. The van der Waals surface area contributed by atoms with Crippen molar-refractivity contribution in [3.05, 3.63) is 84.1 Å². The minimum atomic E-state index is -1.45. The number of nitrogens with one attached hydrogen (secondary N) is 6. The molecule has 9 atom stereocenters. The number of phenolic OH excluding ortho intramolecular Hbond substituents is 1. The van der Waals surface area contributed by atoms with E-state index in [1.807, 2.05) is 58.9 Å². The summed E-state index contributed by atoms with van der Waals surface area (Å²) < 4.78 is 0. The summed E-state index contributed by atoms with van der Waals surface area (Å²) in [6.45, 7) is 9.16. The number of aliphatic hydroxyl groups is 1. The molecule has 2 aliphatic heterocycles. The first kappa shape index (κ1) is 68.0. The van der Waals surface area contributed by atoms with Gasteiger partial charge in [0.1, 0.15) is 5.75 Å². The Morgan fingerprint density at radius 3 is 2.00 bits per heavy atom. The molecule has 0 aliphatic carbocycles. The Morgan fingerprint density at radius 2 is 1.37 bits per heavy atom. The summed E-state index contributed by atoms with van der Waals surface area (Å²) in [7, 11) is 0. The number of nitrogens with two attached hydrogens (primary N) is 2. The monoisotopic (exact) mass is 1200 g/mol. The van der Waals surface area contributed by atoms with Gasteiger partial charge in [0.15, 0.2) is 34.9 Å². The highest BCUT2D eigenvalue weighted by Crippen LogP contribution is 2.28. The molecule has 23 nitrogen and oxygen atoms in total. The lowest BCUT2D eigenvalue weighted by atomic mass is 9.86. The SMILES string of the molecule is CCCC(=O)[C@@H]1CCCN1C(=O)[C@H](CCCN=C(N)N)CC(=O)[C@H](CC(C)C)NC(=O)[C@H](CC(=O)[C@H](Cc1ccc(O)cc1)NC(=O)[C@H](CO)CC(=O)[C@H](Cc1c[nH]c2ccccc12)NC(=O)[C@@H](CC(=O)[C@@H]1CCC(=O)N1)Cc1cnc[nH]1)CC(C)C. The lowest BCUT2D eigenvalue weighted by molar-refractivity contribution is -0.143. The zero-order valence-corrected chi connectivity index (χ0v) is 50.8. The van der Waals surface area contributed by atoms with Gasteiger partial charge in [0.25, 0.3) is 0 Å². The Kier molecular flexibility index (Phi) is 25.9. The Hall–Kier alpha value is -8.08. The number of phenols is 1. The van der Waals surface area contributed by atoms with E-state index in [0.29, 0.717) is 55.5 Å². The van der Waals surface area contributed by atoms with Crippen molar-refractivity contribution >= 4 is 75.3 Å². The van der Waals surface area contributed by atoms with Gasteiger partial charge in [0.05, 0.1) is 55.0 Å². The first-order valence-electron chi connectivity index (χ1n) is 30.6. The van der Waals surface area contributed by atoms with Gasteiger partial charge < -0.3 is 57.8 Å². The average Bonchev–Trinajstić information content (AvgIpc) is 4.55. The molecule has 4 heterocycles. The first-order chi connectivity index (χ1) is 41.5. The molecule has 2 saturated heterocycles. The highest BCUT2D eigenvalue weighted by atomic mass is 16.3. The number of H-pyrrole nitrogens is 2. The van der Waals surface area contributed by atoms with Gasteiger partial charge >= 0.3 is 0 Å². The number of Topliss-reactive ketones (excluding diaryl/α,β-unsaturated/α-hetero) is 5. The number of benzene rings is 2. The summed E-state index contributed by atoms with van der Waals surface area (Å²) in [6, 6.07) is 8.26. The number of para-hydroxylation sites is 1. The molecule has 2 aromatic carbocycles. The number of carbonyl (C=O) groups excluding carboxylic acids is 10. The molecule has 0 radical (unpaired) electrons. The normalized spacial score (nSPS) is 17.4. The fourth-order valence-corrected chi connectivity index (χ4v) is 11.8. The van der Waals surface area contributed by atoms with E-state index in [4.69, 9.17) is 11.5 Å². The first-order valence-corrected chi connectivity index (χ1v) is 30.6. The summed E-state index contributed by atoms with van der Waals surface area (Å²) in [5.74, 6) is -9.40. The standard InChI is InChI=1S/C64H89N11O12/c1-6-11-54(78)53-15-10-23-75(53)63(87)40(12-9-22-68-64(65)66)29-56(80)50(25-38(4)5)72-60(84)41(24-37(2)3)30-57(81)51(26-39-16-18-46(77)19-17-39)73-62(86)44(35-76)32-58(82)52(28-43-33-69-48-14-8-7-13-47(43)48)74-61(85)42(27-45-34-67-36-70-45)31-55(79)49-20-21-59(83)71-49/h7-8,13-14,16-19,33-34,36-38,40-42,44,49-53,69,76-77H,6,9-12,15,20-32,35H2,1-5H3,(H,67,70)(H,71,83)(H,72,84)(H,73,86)(H,74,85)(H4,65,66,68)/t40-,41+,42-,44+,49+,50+,51+,52+,53+/m1/s1. The second-order valence-electron chi connectivity index (χ2n) is 24.3. The van der Waals surface area contributed by atoms with Crippen LogP contribution in [0.3, 0.4) is 0 Å². The van der Waals surface area contributed by atoms with Crippen LogP contribution in [0.1, 0.15) is 141 Å². The summed E-state index contributed by atoms with van der Waals surface area (Å²) in [5.41, 5.74) is 13.6. The molecule has 2 aromatic heterocycles. The molecule has 2 aliphatic rings. The fourth-order valence-electron chi connectivity index (χ4n) is 11.8. The smallest absolute Gasteiger partial charge is 0.226 e. The summed E-state index contributed by atoms with van der Waals surface area (Å²) in [5, 5.41) is 33.0. The Balaban J connectivity index is 1.22. The summed E-state index contributed by atoms with van der Waals surface area (Å²) >= 11 is 0. The molecule has 0 unspecified atom stereocenters. The third-order valence-electron chi connectivity index (χ3n) is 16.3. The van der Waals surface area contributed by atoms with Crippen LogP contribution in [-0.4, -0.2) is 144 Å². The highest BCUT2D eigenvalue weighted by Gasteiger charge is 2.40. The predicted octanol–water partition coefficient (Wildman–Crippen LogP) is 4.16. The molecule has 0 saturated carbocycles. The number of aromatic hydroxyl groups is 1. The minimum absolute atomic E-state index is 0.0279. The van der Waals surface area contributed by atoms with Crippen LogP contribution in [0.25, 0.3) is 10.9 Å². The van der Waals surface area contributed by atoms with Gasteiger partial charge in [-0.25, -0.2) is 4.98 Å². The zero-order chi connectivity index (χ0) is 63.3. The van der Waals surface area contributed by atoms with Gasteiger partial charge in [-0.15, -0.1) is 0 Å². The van der Waals surface area contributed by atoms with Crippen molar-refractivity contribution in [1.29, 1.82) is 0 Å². The number of amides is 5. The zero-order valence-electron chi connectivity index (χ0n) is 50.8. The number of imidazole rings is 1. The number of hydrogen-bond donors (Lipinski definition) is 10. The Labute approximate surface area is 508 Å². The van der Waals surface area contributed by atoms with E-state index in [-0.39, 0.29) is 118 Å². The molecule has 23 heteroatoms. The highest BCUT2D eigenvalue weighted by molar-refractivity contribution is 5.99. The van der Waals surface area contributed by atoms with E-state index in [9.17, 15) is 58.2 Å². The lowest BCUT2D eigenvalue weighted by Gasteiger charge is -2.30. The molecular formula is C64H89N11O12. The van der Waals surface area contributed by atoms with Crippen molar-refractivity contribution < 1.29 is 58.2 Å². The second kappa shape index (κ2) is 33.2. The van der Waals surface area contributed by atoms with Gasteiger partial charge in [-0.05, 0) is 98.9 Å². The van der Waals surface area contributed by atoms with Crippen LogP contribution in [0, 0.1) is 35.5 Å². The van der Waals surface area contributed by atoms with E-state index in [0.717, 1.165) is 10.9 Å². The molecule has 6 rings (SSSR count). The van der Waals surface area contributed by atoms with Crippen molar-refractivity contribution in [3.8, 4) is 5.75 Å². The van der Waals surface area contributed by atoms with Crippen molar-refractivity contribution in [2.75, 3.05) is 19.7 Å². The van der Waals surface area contributed by atoms with E-state index in [1.54, 1.807) is 23.2 Å². The number of carbonyl (C=O) groups is 10. The number of rotatable bonds is 37. The molecule has 0 spiro atoms. The van der Waals surface area contributed by atoms with Crippen molar-refractivity contribution in [2.45, 2.75) is 174 Å². The topological polar surface area (TPSA) is 371 Å². The molecule has 472 valence electrons. The van der Waals surface area contributed by atoms with Crippen LogP contribution in [0.5, 0.6) is 5.75 Å². The number of likely N-dealkylation sites (tertiary alicyclic amines) is 1. The largest absolute Gasteiger partial charge is 0.508 e. The molecule has 87 heavy (non-hydrogen) atoms. The molecule has 4 aromatic rings. The van der Waals surface area contributed by atoms with Crippen LogP contribution < -0.4 is 32.7 Å². The quantitative estimate of drug-likeness (QED) is 0.0172. The van der Waals surface area contributed by atoms with Crippen LogP contribution in [0.2, 0.25) is 0 Å². The number of aliphatic hydroxyl groups excluding tert-OH is 1. The minimum Gasteiger partial charge on any atom is -0.508 e. The lowest BCUT2D eigenvalue weighted by Crippen LogP contribution is -2.50. The van der Waals surface area contributed by atoms with Crippen LogP contribution >= 0.6 is 0 Å². The number of hydrogen-bond acceptors (Lipinski definition) is 14. The predicted molar refractivity (Wildman–Crippen MR) is 326 cm³/mol. The second-order valence-corrected chi connectivity index (χ2v) is 24.3. The number of fused-ring (bicyclic) bond motifs is 1. The van der Waals surface area contributed by atoms with Crippen molar-refractivity contribution in [1.82, 2.24) is 41.1 Å². The Morgan fingerprint density at radius 1 is 0.736 bits per heavy atom. The van der Waals surface area contributed by atoms with Crippen LogP contribution in [0.4, 0.5) is 0 Å². The molecule has 0 bridgehead atoms. The van der Waals surface area contributed by atoms with Gasteiger partial charge in [-0.3, -0.25) is 52.9 Å². The number of nitrogens with zero attached hydrogens (tertiary/aromatic N) is 3. The van der Waals surface area contributed by atoms with Gasteiger partial charge in [0, 0.05) is 105 Å². The Bertz CT molecular complexity index is 3040. The number of aliphatic imine (C=N–C) groups is 1. The maximum atomic E-state index is 14.8. The van der Waals surface area contributed by atoms with E-state index in [1.165, 1.54) is 24.7 Å². The number of ketones is 5. The molecular weight excluding hydrogens is 1110 g/mol. The van der Waals surface area contributed by atoms with Crippen molar-refractivity contribution in [3.63, 3.8) is 0 Å². The molecule has 5 amide bonds. The van der Waals surface area contributed by atoms with E-state index in [2.05, 4.69) is 41.2 Å². The van der Waals surface area contributed by atoms with Crippen LogP contribution in [-0.2, 0) is 67.2 Å². The maximum absolute atomic E-state index is 14.8. The van der Waals surface area contributed by atoms with Crippen LogP contribution in [0.15, 0.2) is 72.2 Å². The maximum Gasteiger partial charge on any atom is 0.226 e. The number of guanidine groups is 1. The number of aromatic amines is 2. The molecule has 12 N–H and O–H groups in total. The van der Waals surface area contributed by atoms with Gasteiger partial charge in [0.2, 0.25) is 29.5 Å². The molecule has 2 fully saturated rings. The average molecular weight is 1200 g/mol. The third kappa shape index (κ3) is 20.5. The number of aromatic nitrogens is 3. The fraction of sp³-hybridized carbons (Fsp3) is 0.562. The van der Waals surface area contributed by atoms with Gasteiger partial charge in [-0.2, -0.15) is 0 Å². The van der Waals surface area contributed by atoms with E-state index < -0.39 is 108 Å². The van der Waals surface area contributed by atoms with Crippen molar-refractivity contribution in [2.24, 2.45) is 52.0 Å². The van der Waals surface area contributed by atoms with Gasteiger partial charge in [-0.1, -0.05) is 65.0 Å².